The standard InChI is InChI=1S/C30H46O4/c1-16(2)15-18-20-22(31)27(5,6)25(32)28(7,8)23(20)33-24-21-17(26(21,3)4)11-14-30(10)19(34-30)12-13-29(18,24)9/h16-19,21,24H,11-15H2,1-10H3. The van der Waals surface area contributed by atoms with Crippen LogP contribution in [0.15, 0.2) is 11.3 Å². The van der Waals surface area contributed by atoms with Gasteiger partial charge in [-0.3, -0.25) is 9.59 Å². The third-order valence-corrected chi connectivity index (χ3v) is 10.9. The van der Waals surface area contributed by atoms with Crippen molar-refractivity contribution in [2.75, 3.05) is 0 Å². The Balaban J connectivity index is 1.69. The van der Waals surface area contributed by atoms with Gasteiger partial charge in [-0.15, -0.1) is 0 Å². The summed E-state index contributed by atoms with van der Waals surface area (Å²) in [4.78, 5) is 27.6. The lowest BCUT2D eigenvalue weighted by atomic mass is 9.53. The van der Waals surface area contributed by atoms with Gasteiger partial charge in [-0.2, -0.15) is 0 Å². The first-order valence-corrected chi connectivity index (χ1v) is 13.7. The van der Waals surface area contributed by atoms with Gasteiger partial charge in [0.2, 0.25) is 0 Å². The molecule has 2 saturated carbocycles. The molecule has 1 saturated heterocycles. The Morgan fingerprint density at radius 1 is 0.912 bits per heavy atom. The monoisotopic (exact) mass is 470 g/mol. The number of allylic oxidation sites excluding steroid dienone is 2. The van der Waals surface area contributed by atoms with Gasteiger partial charge in [0.15, 0.2) is 11.6 Å². The molecule has 3 aliphatic carbocycles. The molecule has 4 heteroatoms. The van der Waals surface area contributed by atoms with Gasteiger partial charge in [0.25, 0.3) is 0 Å². The summed E-state index contributed by atoms with van der Waals surface area (Å²) in [6.45, 7) is 21.6. The van der Waals surface area contributed by atoms with Crippen molar-refractivity contribution >= 4 is 11.6 Å². The Morgan fingerprint density at radius 3 is 2.18 bits per heavy atom. The van der Waals surface area contributed by atoms with Gasteiger partial charge >= 0.3 is 0 Å². The molecule has 0 aromatic heterocycles. The molecule has 0 bridgehead atoms. The number of hydrogen-bond acceptors (Lipinski definition) is 4. The molecule has 2 heterocycles. The fourth-order valence-electron chi connectivity index (χ4n) is 8.44. The number of fused-ring (bicyclic) bond motifs is 4. The first-order valence-electron chi connectivity index (χ1n) is 13.7. The van der Waals surface area contributed by atoms with E-state index in [1.54, 1.807) is 0 Å². The molecule has 0 aromatic carbocycles. The SMILES string of the molecule is CC(C)CC1C2=C(OC3C4C(CCC5(C)OC5CCC13C)C4(C)C)C(C)(C)C(=O)C(C)(C)C2=O. The molecule has 0 N–H and O–H groups in total. The number of ether oxygens (including phenoxy) is 2. The second-order valence-electron chi connectivity index (χ2n) is 14.8. The molecule has 34 heavy (non-hydrogen) atoms. The Bertz CT molecular complexity index is 968. The fraction of sp³-hybridized carbons (Fsp3) is 0.867. The van der Waals surface area contributed by atoms with Gasteiger partial charge in [0, 0.05) is 16.9 Å². The summed E-state index contributed by atoms with van der Waals surface area (Å²) in [5, 5.41) is 0. The number of ketones is 2. The lowest BCUT2D eigenvalue weighted by molar-refractivity contribution is -0.155. The number of carbonyl (C=O) groups excluding carboxylic acids is 2. The van der Waals surface area contributed by atoms with Crippen LogP contribution >= 0.6 is 0 Å². The molecule has 0 aromatic rings. The average molecular weight is 471 g/mol. The number of rotatable bonds is 2. The van der Waals surface area contributed by atoms with E-state index < -0.39 is 10.8 Å². The smallest absolute Gasteiger partial charge is 0.175 e. The van der Waals surface area contributed by atoms with Crippen molar-refractivity contribution in [1.29, 1.82) is 0 Å². The van der Waals surface area contributed by atoms with Gasteiger partial charge in [-0.1, -0.05) is 34.6 Å². The second-order valence-corrected chi connectivity index (χ2v) is 14.8. The summed E-state index contributed by atoms with van der Waals surface area (Å²) in [5.41, 5.74) is -0.911. The van der Waals surface area contributed by atoms with Crippen LogP contribution in [-0.2, 0) is 19.1 Å². The minimum atomic E-state index is -1.01. The lowest BCUT2D eigenvalue weighted by Crippen LogP contribution is -2.58. The van der Waals surface area contributed by atoms with Crippen LogP contribution in [0.2, 0.25) is 0 Å². The van der Waals surface area contributed by atoms with Crippen molar-refractivity contribution in [3.63, 3.8) is 0 Å². The lowest BCUT2D eigenvalue weighted by Gasteiger charge is -2.55. The van der Waals surface area contributed by atoms with Gasteiger partial charge in [0.1, 0.15) is 11.9 Å². The van der Waals surface area contributed by atoms with Crippen LogP contribution in [0, 0.1) is 45.3 Å². The van der Waals surface area contributed by atoms with Crippen LogP contribution in [0.5, 0.6) is 0 Å². The summed E-state index contributed by atoms with van der Waals surface area (Å²) in [7, 11) is 0. The van der Waals surface area contributed by atoms with Crippen LogP contribution < -0.4 is 0 Å². The van der Waals surface area contributed by atoms with Crippen LogP contribution in [0.25, 0.3) is 0 Å². The van der Waals surface area contributed by atoms with E-state index in [0.717, 1.165) is 37.7 Å². The highest BCUT2D eigenvalue weighted by molar-refractivity contribution is 6.19. The maximum Gasteiger partial charge on any atom is 0.175 e. The highest BCUT2D eigenvalue weighted by Gasteiger charge is 2.70. The third kappa shape index (κ3) is 3.12. The van der Waals surface area contributed by atoms with Crippen molar-refractivity contribution in [2.45, 2.75) is 119 Å². The number of Topliss-reactive ketones (excluding diaryl/α,β-unsaturated/α-hetero) is 2. The zero-order valence-electron chi connectivity index (χ0n) is 23.1. The van der Waals surface area contributed by atoms with Crippen LogP contribution in [0.4, 0.5) is 0 Å². The van der Waals surface area contributed by atoms with Crippen molar-refractivity contribution in [2.24, 2.45) is 45.3 Å². The molecule has 0 radical (unpaired) electrons. The fourth-order valence-corrected chi connectivity index (χ4v) is 8.44. The van der Waals surface area contributed by atoms with E-state index in [4.69, 9.17) is 9.47 Å². The summed E-state index contributed by atoms with van der Waals surface area (Å²) in [6, 6.07) is 0. The quantitative estimate of drug-likeness (QED) is 0.341. The second kappa shape index (κ2) is 6.99. The Kier molecular flexibility index (Phi) is 5.04. The number of epoxide rings is 1. The van der Waals surface area contributed by atoms with Gasteiger partial charge in [-0.25, -0.2) is 0 Å². The first kappa shape index (κ1) is 24.5. The minimum Gasteiger partial charge on any atom is -0.492 e. The highest BCUT2D eigenvalue weighted by atomic mass is 16.6. The van der Waals surface area contributed by atoms with E-state index in [1.807, 2.05) is 27.7 Å². The topological polar surface area (TPSA) is 55.9 Å². The molecule has 2 aliphatic heterocycles. The first-order chi connectivity index (χ1) is 15.5. The maximum absolute atomic E-state index is 14.0. The van der Waals surface area contributed by atoms with Gasteiger partial charge < -0.3 is 9.47 Å². The normalized spacial score (nSPS) is 46.0. The summed E-state index contributed by atoms with van der Waals surface area (Å²) in [5.74, 6) is 2.26. The summed E-state index contributed by atoms with van der Waals surface area (Å²) < 4.78 is 13.3. The maximum atomic E-state index is 14.0. The van der Waals surface area contributed by atoms with Crippen molar-refractivity contribution in [3.05, 3.63) is 11.3 Å². The third-order valence-electron chi connectivity index (χ3n) is 10.9. The Hall–Kier alpha value is -1.16. The minimum absolute atomic E-state index is 0.00615. The van der Waals surface area contributed by atoms with E-state index in [9.17, 15) is 9.59 Å². The molecule has 5 aliphatic rings. The van der Waals surface area contributed by atoms with Gasteiger partial charge in [-0.05, 0) is 89.9 Å². The predicted octanol–water partition coefficient (Wildman–Crippen LogP) is 6.52. The van der Waals surface area contributed by atoms with E-state index in [0.29, 0.717) is 29.6 Å². The molecular weight excluding hydrogens is 424 g/mol. The Morgan fingerprint density at radius 2 is 1.56 bits per heavy atom. The summed E-state index contributed by atoms with van der Waals surface area (Å²) >= 11 is 0. The van der Waals surface area contributed by atoms with Crippen molar-refractivity contribution < 1.29 is 19.1 Å². The molecule has 0 amide bonds. The molecule has 0 spiro atoms. The molecule has 7 atom stereocenters. The van der Waals surface area contributed by atoms with E-state index in [-0.39, 0.29) is 40.0 Å². The zero-order chi connectivity index (χ0) is 25.2. The van der Waals surface area contributed by atoms with Crippen molar-refractivity contribution in [1.82, 2.24) is 0 Å². The number of carbonyl (C=O) groups is 2. The highest BCUT2D eigenvalue weighted by Crippen LogP contribution is 2.70. The van der Waals surface area contributed by atoms with Crippen LogP contribution in [0.3, 0.4) is 0 Å². The zero-order valence-corrected chi connectivity index (χ0v) is 23.1. The molecule has 5 rings (SSSR count). The number of hydrogen-bond donors (Lipinski definition) is 0. The van der Waals surface area contributed by atoms with Gasteiger partial charge in [0.05, 0.1) is 22.5 Å². The summed E-state index contributed by atoms with van der Waals surface area (Å²) in [6.07, 6.45) is 5.58. The average Bonchev–Trinajstić information content (AvgIpc) is 3.54. The molecule has 190 valence electrons. The largest absolute Gasteiger partial charge is 0.492 e. The van der Waals surface area contributed by atoms with E-state index in [2.05, 4.69) is 41.5 Å². The molecule has 3 fully saturated rings. The van der Waals surface area contributed by atoms with Crippen LogP contribution in [-0.4, -0.2) is 29.4 Å². The molecule has 4 nitrogen and oxygen atoms in total. The Labute approximate surface area is 206 Å². The van der Waals surface area contributed by atoms with Crippen molar-refractivity contribution in [3.8, 4) is 0 Å². The molecule has 7 unspecified atom stereocenters. The predicted molar refractivity (Wildman–Crippen MR) is 133 cm³/mol. The molecular formula is C30H46O4. The van der Waals surface area contributed by atoms with E-state index >= 15 is 0 Å². The van der Waals surface area contributed by atoms with Crippen LogP contribution in [0.1, 0.15) is 101 Å². The van der Waals surface area contributed by atoms with E-state index in [1.165, 1.54) is 0 Å².